The van der Waals surface area contributed by atoms with Gasteiger partial charge in [-0.05, 0) is 36.8 Å². The second-order valence-electron chi connectivity index (χ2n) is 6.52. The van der Waals surface area contributed by atoms with Gasteiger partial charge in [-0.25, -0.2) is 4.79 Å². The van der Waals surface area contributed by atoms with Crippen molar-refractivity contribution in [1.82, 2.24) is 10.2 Å². The van der Waals surface area contributed by atoms with Crippen LogP contribution in [0.1, 0.15) is 12.5 Å². The number of aliphatic hydroxyl groups excluding tert-OH is 1. The van der Waals surface area contributed by atoms with Gasteiger partial charge in [0.2, 0.25) is 0 Å². The molecule has 0 saturated carbocycles. The van der Waals surface area contributed by atoms with E-state index in [-0.39, 0.29) is 13.2 Å². The Balaban J connectivity index is 1.66. The topological polar surface area (TPSA) is 78.9 Å². The molecule has 2 atom stereocenters. The van der Waals surface area contributed by atoms with Gasteiger partial charge in [0.15, 0.2) is 0 Å². The van der Waals surface area contributed by atoms with E-state index in [4.69, 9.17) is 39.5 Å². The summed E-state index contributed by atoms with van der Waals surface area (Å²) < 4.78 is 5.46. The second-order valence-corrected chi connectivity index (χ2v) is 7.80. The third-order valence-electron chi connectivity index (χ3n) is 4.41. The largest absolute Gasteiger partial charge is 0.489 e. The summed E-state index contributed by atoms with van der Waals surface area (Å²) in [6, 6.07) is 10.7. The second kappa shape index (κ2) is 8.17. The van der Waals surface area contributed by atoms with Gasteiger partial charge >= 0.3 is 6.03 Å². The molecule has 9 heteroatoms. The maximum absolute atomic E-state index is 12.9. The molecule has 2 aromatic rings. The van der Waals surface area contributed by atoms with Crippen molar-refractivity contribution in [2.24, 2.45) is 0 Å². The number of ether oxygens (including phenoxy) is 1. The van der Waals surface area contributed by atoms with Gasteiger partial charge in [-0.15, -0.1) is 0 Å². The van der Waals surface area contributed by atoms with Gasteiger partial charge in [0.25, 0.3) is 5.91 Å². The van der Waals surface area contributed by atoms with E-state index in [1.54, 1.807) is 43.3 Å². The first-order valence-electron chi connectivity index (χ1n) is 8.37. The Hall–Kier alpha value is -1.99. The van der Waals surface area contributed by atoms with Crippen LogP contribution in [0.3, 0.4) is 0 Å². The van der Waals surface area contributed by atoms with Crippen molar-refractivity contribution >= 4 is 46.7 Å². The molecule has 6 nitrogen and oxygen atoms in total. The zero-order chi connectivity index (χ0) is 20.5. The number of amides is 3. The quantitative estimate of drug-likeness (QED) is 0.665. The zero-order valence-electron chi connectivity index (χ0n) is 14.8. The van der Waals surface area contributed by atoms with Crippen LogP contribution in [0.4, 0.5) is 4.79 Å². The van der Waals surface area contributed by atoms with Gasteiger partial charge < -0.3 is 15.2 Å². The van der Waals surface area contributed by atoms with E-state index in [1.807, 2.05) is 0 Å². The number of urea groups is 1. The van der Waals surface area contributed by atoms with Gasteiger partial charge in [0, 0.05) is 16.1 Å². The van der Waals surface area contributed by atoms with Crippen molar-refractivity contribution in [3.63, 3.8) is 0 Å². The number of hydrogen-bond donors (Lipinski definition) is 2. The van der Waals surface area contributed by atoms with Crippen molar-refractivity contribution in [3.8, 4) is 5.75 Å². The van der Waals surface area contributed by atoms with Gasteiger partial charge in [0.05, 0.1) is 11.6 Å². The molecule has 2 unspecified atom stereocenters. The first-order valence-corrected chi connectivity index (χ1v) is 9.50. The molecule has 2 aromatic carbocycles. The maximum atomic E-state index is 12.9. The summed E-state index contributed by atoms with van der Waals surface area (Å²) in [5.74, 6) is -0.170. The van der Waals surface area contributed by atoms with E-state index < -0.39 is 23.6 Å². The van der Waals surface area contributed by atoms with E-state index in [0.29, 0.717) is 26.4 Å². The normalized spacial score (nSPS) is 20.2. The molecule has 0 radical (unpaired) electrons. The molecule has 1 saturated heterocycles. The first kappa shape index (κ1) is 20.7. The number of β-amino-alcohol motifs (C(OH)–C–C–N with tert-alkyl or cyclic N) is 1. The lowest BCUT2D eigenvalue weighted by atomic mass is 9.92. The molecule has 3 amide bonds. The molecular formula is C19H17Cl3N2O4. The third-order valence-corrected chi connectivity index (χ3v) is 5.21. The van der Waals surface area contributed by atoms with Crippen LogP contribution >= 0.6 is 34.8 Å². The number of imide groups is 1. The number of hydrogen-bond acceptors (Lipinski definition) is 4. The Kier molecular flexibility index (Phi) is 6.05. The summed E-state index contributed by atoms with van der Waals surface area (Å²) in [7, 11) is 0. The number of nitrogens with zero attached hydrogens (tertiary/aromatic N) is 1. The highest BCUT2D eigenvalue weighted by molar-refractivity contribution is 6.34. The van der Waals surface area contributed by atoms with Crippen LogP contribution in [0.2, 0.25) is 15.1 Å². The number of benzene rings is 2. The van der Waals surface area contributed by atoms with Crippen molar-refractivity contribution in [1.29, 1.82) is 0 Å². The predicted molar refractivity (Wildman–Crippen MR) is 107 cm³/mol. The fraction of sp³-hybridized carbons (Fsp3) is 0.263. The Morgan fingerprint density at radius 2 is 1.75 bits per heavy atom. The summed E-state index contributed by atoms with van der Waals surface area (Å²) in [4.78, 5) is 26.1. The molecule has 148 valence electrons. The van der Waals surface area contributed by atoms with Gasteiger partial charge in [-0.1, -0.05) is 46.9 Å². The summed E-state index contributed by atoms with van der Waals surface area (Å²) in [5.41, 5.74) is -0.646. The number of carbonyl (C=O) groups is 2. The van der Waals surface area contributed by atoms with Crippen LogP contribution in [0.15, 0.2) is 42.5 Å². The summed E-state index contributed by atoms with van der Waals surface area (Å²) in [6.45, 7) is 1.20. The van der Waals surface area contributed by atoms with Gasteiger partial charge in [-0.3, -0.25) is 9.69 Å². The fourth-order valence-corrected chi connectivity index (χ4v) is 3.34. The van der Waals surface area contributed by atoms with E-state index in [2.05, 4.69) is 5.32 Å². The Bertz CT molecular complexity index is 907. The predicted octanol–water partition coefficient (Wildman–Crippen LogP) is 3.85. The standard InChI is InChI=1S/C19H17Cl3N2O4/c1-19(11-2-4-12(20)5-3-11)17(26)24(18(27)23-19)9-14(25)10-28-16-8-13(21)6-7-15(16)22/h2-8,14,25H,9-10H2,1H3,(H,23,27). The monoisotopic (exact) mass is 442 g/mol. The lowest BCUT2D eigenvalue weighted by Crippen LogP contribution is -2.42. The van der Waals surface area contributed by atoms with Crippen LogP contribution in [-0.4, -0.2) is 41.2 Å². The summed E-state index contributed by atoms with van der Waals surface area (Å²) >= 11 is 17.8. The smallest absolute Gasteiger partial charge is 0.325 e. The minimum Gasteiger partial charge on any atom is -0.489 e. The SMILES string of the molecule is CC1(c2ccc(Cl)cc2)NC(=O)N(CC(O)COc2cc(Cl)ccc2Cl)C1=O. The lowest BCUT2D eigenvalue weighted by molar-refractivity contribution is -0.132. The molecule has 3 rings (SSSR count). The van der Waals surface area contributed by atoms with Gasteiger partial charge in [0.1, 0.15) is 24.0 Å². The van der Waals surface area contributed by atoms with Crippen molar-refractivity contribution in [2.75, 3.05) is 13.2 Å². The van der Waals surface area contributed by atoms with Crippen LogP contribution < -0.4 is 10.1 Å². The Labute approximate surface area is 176 Å². The first-order chi connectivity index (χ1) is 13.2. The van der Waals surface area contributed by atoms with Crippen molar-refractivity contribution in [2.45, 2.75) is 18.6 Å². The summed E-state index contributed by atoms with van der Waals surface area (Å²) in [5, 5.41) is 14.2. The summed E-state index contributed by atoms with van der Waals surface area (Å²) in [6.07, 6.45) is -1.11. The van der Waals surface area contributed by atoms with Crippen molar-refractivity contribution < 1.29 is 19.4 Å². The lowest BCUT2D eigenvalue weighted by Gasteiger charge is -2.23. The highest BCUT2D eigenvalue weighted by Gasteiger charge is 2.49. The maximum Gasteiger partial charge on any atom is 0.325 e. The number of carbonyl (C=O) groups excluding carboxylic acids is 2. The minimum absolute atomic E-state index is 0.172. The third kappa shape index (κ3) is 4.20. The van der Waals surface area contributed by atoms with Crippen LogP contribution in [0.25, 0.3) is 0 Å². The van der Waals surface area contributed by atoms with Crippen molar-refractivity contribution in [3.05, 3.63) is 63.1 Å². The zero-order valence-corrected chi connectivity index (χ0v) is 17.1. The number of rotatable bonds is 6. The average molecular weight is 444 g/mol. The molecule has 1 aliphatic heterocycles. The van der Waals surface area contributed by atoms with E-state index >= 15 is 0 Å². The molecule has 28 heavy (non-hydrogen) atoms. The molecule has 0 spiro atoms. The Morgan fingerprint density at radius 3 is 2.43 bits per heavy atom. The number of aliphatic hydroxyl groups is 1. The van der Waals surface area contributed by atoms with E-state index in [0.717, 1.165) is 4.90 Å². The molecule has 0 aromatic heterocycles. The molecule has 2 N–H and O–H groups in total. The fourth-order valence-electron chi connectivity index (χ4n) is 2.88. The molecular weight excluding hydrogens is 427 g/mol. The molecule has 1 heterocycles. The molecule has 0 aliphatic carbocycles. The average Bonchev–Trinajstić information content (AvgIpc) is 2.87. The highest BCUT2D eigenvalue weighted by atomic mass is 35.5. The number of halogens is 3. The van der Waals surface area contributed by atoms with Gasteiger partial charge in [-0.2, -0.15) is 0 Å². The van der Waals surface area contributed by atoms with E-state index in [1.165, 1.54) is 6.07 Å². The number of nitrogens with one attached hydrogen (secondary N) is 1. The molecule has 0 bridgehead atoms. The highest BCUT2D eigenvalue weighted by Crippen LogP contribution is 2.30. The molecule has 1 fully saturated rings. The van der Waals surface area contributed by atoms with E-state index in [9.17, 15) is 14.7 Å². The minimum atomic E-state index is -1.24. The van der Waals surface area contributed by atoms with Crippen LogP contribution in [0, 0.1) is 0 Å². The Morgan fingerprint density at radius 1 is 1.11 bits per heavy atom. The molecule has 1 aliphatic rings. The van der Waals surface area contributed by atoms with Crippen LogP contribution in [-0.2, 0) is 10.3 Å². The van der Waals surface area contributed by atoms with Crippen LogP contribution in [0.5, 0.6) is 5.75 Å².